The largest absolute Gasteiger partial charge is 0.508 e. The second kappa shape index (κ2) is 12.2. The number of hydrogen-bond acceptors (Lipinski definition) is 9. The fourth-order valence-corrected chi connectivity index (χ4v) is 10.6. The van der Waals surface area contributed by atoms with Gasteiger partial charge in [0.15, 0.2) is 5.82 Å². The first kappa shape index (κ1) is 32.8. The number of halogens is 2. The Morgan fingerprint density at radius 1 is 1.00 bits per heavy atom. The lowest BCUT2D eigenvalue weighted by Gasteiger charge is -2.44. The standard InChI is InChI=1S/C39H49F2N5O4/c1-38(49-3)16-25-7-8-26(17-38)46(25)20-28(48-2)21-50-37-43-35-30(36(44-37)45-18-23-5-6-24(19-45)42-23)15-31(40)32(34(35)41)29-14-27(47)13-22-9-12-39(33(22)29)10-4-11-39/h13-15,23-26,28,42,47H,4-12,16-21H2,1-3H3/t23?,24?,25?,26?,28-,38?/m1/s1. The van der Waals surface area contributed by atoms with Gasteiger partial charge < -0.3 is 29.5 Å². The van der Waals surface area contributed by atoms with Crippen LogP contribution in [-0.2, 0) is 21.3 Å². The fourth-order valence-electron chi connectivity index (χ4n) is 10.6. The number of fused-ring (bicyclic) bond motifs is 7. The smallest absolute Gasteiger partial charge is 0.319 e. The Bertz CT molecular complexity index is 1790. The number of aromatic nitrogens is 2. The molecule has 2 N–H and O–H groups in total. The molecule has 4 aliphatic heterocycles. The number of piperazine rings is 1. The van der Waals surface area contributed by atoms with E-state index in [0.29, 0.717) is 60.6 Å². The van der Waals surface area contributed by atoms with Crippen LogP contribution in [0.4, 0.5) is 14.6 Å². The number of aryl methyl sites for hydroxylation is 1. The number of methoxy groups -OCH3 is 2. The molecule has 4 unspecified atom stereocenters. The number of benzene rings is 2. The number of anilines is 1. The number of nitrogens with zero attached hydrogens (tertiary/aromatic N) is 4. The molecule has 268 valence electrons. The van der Waals surface area contributed by atoms with E-state index in [4.69, 9.17) is 19.2 Å². The highest BCUT2D eigenvalue weighted by Gasteiger charge is 2.48. The van der Waals surface area contributed by atoms with E-state index in [1.165, 1.54) is 12.1 Å². The summed E-state index contributed by atoms with van der Waals surface area (Å²) in [5.41, 5.74) is 2.14. The lowest BCUT2D eigenvalue weighted by Crippen LogP contribution is -2.53. The van der Waals surface area contributed by atoms with Crippen molar-refractivity contribution < 1.29 is 28.1 Å². The van der Waals surface area contributed by atoms with Gasteiger partial charge in [-0.3, -0.25) is 4.90 Å². The van der Waals surface area contributed by atoms with E-state index in [-0.39, 0.29) is 46.6 Å². The Labute approximate surface area is 292 Å². The first-order valence-corrected chi connectivity index (χ1v) is 18.7. The van der Waals surface area contributed by atoms with Crippen LogP contribution in [0.5, 0.6) is 11.8 Å². The molecule has 1 aromatic heterocycles. The van der Waals surface area contributed by atoms with Gasteiger partial charge in [-0.2, -0.15) is 9.97 Å². The van der Waals surface area contributed by atoms with Crippen LogP contribution in [0, 0.1) is 11.6 Å². The third-order valence-electron chi connectivity index (χ3n) is 13.3. The van der Waals surface area contributed by atoms with E-state index >= 15 is 8.78 Å². The molecular formula is C39H49F2N5O4. The summed E-state index contributed by atoms with van der Waals surface area (Å²) in [5.74, 6) is -0.889. The van der Waals surface area contributed by atoms with Crippen LogP contribution in [0.2, 0.25) is 0 Å². The van der Waals surface area contributed by atoms with Crippen LogP contribution < -0.4 is 15.0 Å². The highest BCUT2D eigenvalue weighted by atomic mass is 19.1. The Kier molecular flexibility index (Phi) is 8.02. The molecule has 9 rings (SSSR count). The van der Waals surface area contributed by atoms with Crippen molar-refractivity contribution in [2.45, 2.75) is 119 Å². The third kappa shape index (κ3) is 5.37. The predicted molar refractivity (Wildman–Crippen MR) is 187 cm³/mol. The van der Waals surface area contributed by atoms with E-state index in [0.717, 1.165) is 81.8 Å². The number of ether oxygens (including phenoxy) is 3. The normalized spacial score (nSPS) is 30.2. The van der Waals surface area contributed by atoms with Crippen LogP contribution >= 0.6 is 0 Å². The van der Waals surface area contributed by atoms with Crippen molar-refractivity contribution >= 4 is 16.7 Å². The van der Waals surface area contributed by atoms with Crippen molar-refractivity contribution in [2.75, 3.05) is 45.4 Å². The van der Waals surface area contributed by atoms with E-state index in [1.807, 2.05) is 7.11 Å². The summed E-state index contributed by atoms with van der Waals surface area (Å²) in [6.07, 6.45) is 11.0. The lowest BCUT2D eigenvalue weighted by molar-refractivity contribution is -0.0810. The van der Waals surface area contributed by atoms with Crippen molar-refractivity contribution in [2.24, 2.45) is 0 Å². The summed E-state index contributed by atoms with van der Waals surface area (Å²) >= 11 is 0. The van der Waals surface area contributed by atoms with Gasteiger partial charge >= 0.3 is 6.01 Å². The fraction of sp³-hybridized carbons (Fsp3) is 0.641. The highest BCUT2D eigenvalue weighted by molar-refractivity contribution is 5.94. The average Bonchev–Trinajstić information content (AvgIpc) is 3.72. The predicted octanol–water partition coefficient (Wildman–Crippen LogP) is 6.01. The average molecular weight is 690 g/mol. The summed E-state index contributed by atoms with van der Waals surface area (Å²) in [4.78, 5) is 14.2. The third-order valence-corrected chi connectivity index (χ3v) is 13.3. The topological polar surface area (TPSA) is 92.2 Å². The summed E-state index contributed by atoms with van der Waals surface area (Å²) in [6, 6.07) is 6.22. The number of rotatable bonds is 9. The van der Waals surface area contributed by atoms with Crippen LogP contribution in [0.25, 0.3) is 22.0 Å². The van der Waals surface area contributed by atoms with Gasteiger partial charge in [-0.25, -0.2) is 8.78 Å². The molecular weight excluding hydrogens is 640 g/mol. The number of piperidine rings is 1. The van der Waals surface area contributed by atoms with E-state index in [2.05, 4.69) is 27.0 Å². The maximum absolute atomic E-state index is 17.1. The molecule has 1 saturated carbocycles. The quantitative estimate of drug-likeness (QED) is 0.280. The minimum Gasteiger partial charge on any atom is -0.508 e. The molecule has 5 atom stereocenters. The minimum atomic E-state index is -0.741. The van der Waals surface area contributed by atoms with Crippen molar-refractivity contribution in [3.8, 4) is 22.9 Å². The number of phenolic OH excluding ortho intramolecular Hbond substituents is 1. The summed E-state index contributed by atoms with van der Waals surface area (Å²) in [5, 5.41) is 14.7. The number of aromatic hydroxyl groups is 1. The van der Waals surface area contributed by atoms with Crippen LogP contribution in [0.1, 0.15) is 82.3 Å². The van der Waals surface area contributed by atoms with Gasteiger partial charge in [-0.05, 0) is 111 Å². The van der Waals surface area contributed by atoms with Gasteiger partial charge in [-0.1, -0.05) is 6.42 Å². The highest BCUT2D eigenvalue weighted by Crippen LogP contribution is 2.57. The van der Waals surface area contributed by atoms with E-state index in [1.54, 1.807) is 13.2 Å². The summed E-state index contributed by atoms with van der Waals surface area (Å²) < 4.78 is 51.7. The Balaban J connectivity index is 1.08. The second-order valence-corrected chi connectivity index (χ2v) is 16.3. The van der Waals surface area contributed by atoms with Gasteiger partial charge in [0.1, 0.15) is 35.6 Å². The number of nitrogens with one attached hydrogen (secondary N) is 1. The molecule has 5 heterocycles. The van der Waals surface area contributed by atoms with Crippen molar-refractivity contribution in [3.05, 3.63) is 41.0 Å². The maximum atomic E-state index is 17.1. The SMILES string of the molecule is CO[C@@H](COc1nc(N2CC3CCC(C2)N3)c2cc(F)c(-c3cc(O)cc4c3C3(CCC3)CC4)c(F)c2n1)CN1C2CCC1CC(C)(OC)C2. The van der Waals surface area contributed by atoms with Crippen LogP contribution in [0.15, 0.2) is 18.2 Å². The van der Waals surface area contributed by atoms with Gasteiger partial charge in [0, 0.05) is 63.4 Å². The zero-order valence-electron chi connectivity index (χ0n) is 29.4. The molecule has 2 aromatic carbocycles. The zero-order valence-corrected chi connectivity index (χ0v) is 29.4. The molecule has 4 bridgehead atoms. The molecule has 4 saturated heterocycles. The molecule has 0 amide bonds. The number of phenols is 1. The Hall–Kier alpha value is -3.12. The lowest BCUT2D eigenvalue weighted by atomic mass is 9.63. The molecule has 0 radical (unpaired) electrons. The van der Waals surface area contributed by atoms with E-state index < -0.39 is 11.6 Å². The first-order chi connectivity index (χ1) is 24.2. The Morgan fingerprint density at radius 3 is 2.40 bits per heavy atom. The Morgan fingerprint density at radius 2 is 1.74 bits per heavy atom. The molecule has 5 fully saturated rings. The minimum absolute atomic E-state index is 0.0253. The maximum Gasteiger partial charge on any atom is 0.319 e. The molecule has 6 aliphatic rings. The van der Waals surface area contributed by atoms with Gasteiger partial charge in [0.25, 0.3) is 0 Å². The van der Waals surface area contributed by atoms with Crippen LogP contribution in [0.3, 0.4) is 0 Å². The van der Waals surface area contributed by atoms with Crippen molar-refractivity contribution in [1.29, 1.82) is 0 Å². The van der Waals surface area contributed by atoms with Crippen molar-refractivity contribution in [1.82, 2.24) is 20.2 Å². The van der Waals surface area contributed by atoms with Crippen molar-refractivity contribution in [3.63, 3.8) is 0 Å². The molecule has 11 heteroatoms. The van der Waals surface area contributed by atoms with Gasteiger partial charge in [-0.15, -0.1) is 0 Å². The second-order valence-electron chi connectivity index (χ2n) is 16.3. The monoisotopic (exact) mass is 689 g/mol. The molecule has 9 nitrogen and oxygen atoms in total. The first-order valence-electron chi connectivity index (χ1n) is 18.7. The molecule has 50 heavy (non-hydrogen) atoms. The van der Waals surface area contributed by atoms with Gasteiger partial charge in [0.05, 0.1) is 11.2 Å². The summed E-state index contributed by atoms with van der Waals surface area (Å²) in [6.45, 7) is 4.49. The molecule has 3 aromatic rings. The zero-order chi connectivity index (χ0) is 34.4. The van der Waals surface area contributed by atoms with E-state index in [9.17, 15) is 5.11 Å². The number of hydrogen-bond donors (Lipinski definition) is 2. The molecule has 2 aliphatic carbocycles. The molecule has 1 spiro atoms. The van der Waals surface area contributed by atoms with Crippen LogP contribution in [-0.4, -0.2) is 96.3 Å². The summed E-state index contributed by atoms with van der Waals surface area (Å²) in [7, 11) is 3.50. The van der Waals surface area contributed by atoms with Gasteiger partial charge in [0.2, 0.25) is 0 Å².